The molecule has 0 bridgehead atoms. The van der Waals surface area contributed by atoms with Crippen LogP contribution in [0.1, 0.15) is 27.8 Å². The smallest absolute Gasteiger partial charge is 0.157 e. The number of nitrogens with zero attached hydrogens (tertiary/aromatic N) is 3. The minimum Gasteiger partial charge on any atom is -0.281 e. The Hall–Kier alpha value is -2.83. The molecule has 0 amide bonds. The van der Waals surface area contributed by atoms with Gasteiger partial charge in [0, 0.05) is 6.42 Å². The summed E-state index contributed by atoms with van der Waals surface area (Å²) < 4.78 is 1.90. The summed E-state index contributed by atoms with van der Waals surface area (Å²) >= 11 is 6.81. The highest BCUT2D eigenvalue weighted by Gasteiger charge is 2.20. The molecule has 0 aliphatic rings. The minimum atomic E-state index is 0.587. The van der Waals surface area contributed by atoms with Gasteiger partial charge >= 0.3 is 0 Å². The SMILES string of the molecule is Cc1ccccc1Cc1c(C)c(C#N)c2nc3ccccc3n2c1Cl. The summed E-state index contributed by atoms with van der Waals surface area (Å²) in [4.78, 5) is 4.63. The van der Waals surface area contributed by atoms with E-state index in [9.17, 15) is 5.26 Å². The molecule has 0 aliphatic carbocycles. The zero-order valence-electron chi connectivity index (χ0n) is 14.0. The maximum Gasteiger partial charge on any atom is 0.157 e. The lowest BCUT2D eigenvalue weighted by molar-refractivity contribution is 1.07. The molecular formula is C21H16ClN3. The van der Waals surface area contributed by atoms with Crippen molar-refractivity contribution in [3.05, 3.63) is 81.5 Å². The molecule has 0 radical (unpaired) electrons. The highest BCUT2D eigenvalue weighted by Crippen LogP contribution is 2.32. The second-order valence-corrected chi connectivity index (χ2v) is 6.60. The number of rotatable bonds is 2. The fourth-order valence-corrected chi connectivity index (χ4v) is 3.72. The summed E-state index contributed by atoms with van der Waals surface area (Å²) in [5.41, 5.74) is 7.27. The third-order valence-corrected chi connectivity index (χ3v) is 5.19. The average molecular weight is 346 g/mol. The summed E-state index contributed by atoms with van der Waals surface area (Å²) in [6.45, 7) is 4.05. The quantitative estimate of drug-likeness (QED) is 0.467. The molecule has 3 nitrogen and oxygen atoms in total. The van der Waals surface area contributed by atoms with Crippen LogP contribution in [0.4, 0.5) is 0 Å². The third-order valence-electron chi connectivity index (χ3n) is 4.80. The third kappa shape index (κ3) is 2.38. The van der Waals surface area contributed by atoms with E-state index in [-0.39, 0.29) is 0 Å². The number of hydrogen-bond donors (Lipinski definition) is 0. The van der Waals surface area contributed by atoms with Gasteiger partial charge in [-0.25, -0.2) is 4.98 Å². The maximum absolute atomic E-state index is 9.73. The number of aryl methyl sites for hydroxylation is 1. The molecule has 4 heteroatoms. The first-order valence-corrected chi connectivity index (χ1v) is 8.52. The van der Waals surface area contributed by atoms with Crippen molar-refractivity contribution in [2.75, 3.05) is 0 Å². The molecular weight excluding hydrogens is 330 g/mol. The van der Waals surface area contributed by atoms with Gasteiger partial charge in [0.25, 0.3) is 0 Å². The Balaban J connectivity index is 2.06. The van der Waals surface area contributed by atoms with Gasteiger partial charge in [0.15, 0.2) is 5.65 Å². The van der Waals surface area contributed by atoms with E-state index in [4.69, 9.17) is 11.6 Å². The van der Waals surface area contributed by atoms with E-state index in [0.717, 1.165) is 22.2 Å². The minimum absolute atomic E-state index is 0.587. The molecule has 2 aromatic carbocycles. The van der Waals surface area contributed by atoms with Gasteiger partial charge in [-0.3, -0.25) is 4.40 Å². The van der Waals surface area contributed by atoms with E-state index >= 15 is 0 Å². The Bertz CT molecular complexity index is 1170. The first kappa shape index (κ1) is 15.7. The van der Waals surface area contributed by atoms with Gasteiger partial charge in [-0.15, -0.1) is 0 Å². The molecule has 0 aliphatic heterocycles. The number of fused-ring (bicyclic) bond motifs is 3. The second-order valence-electron chi connectivity index (χ2n) is 6.24. The van der Waals surface area contributed by atoms with Crippen LogP contribution in [0.15, 0.2) is 48.5 Å². The van der Waals surface area contributed by atoms with E-state index in [1.807, 2.05) is 47.7 Å². The molecule has 0 saturated heterocycles. The Morgan fingerprint density at radius 3 is 2.56 bits per heavy atom. The lowest BCUT2D eigenvalue weighted by atomic mass is 9.96. The number of nitriles is 1. The standard InChI is InChI=1S/C21H16ClN3/c1-13-7-3-4-8-15(13)11-16-14(2)17(12-23)21-24-18-9-5-6-10-19(18)25(21)20(16)22/h3-10H,11H2,1-2H3. The summed E-state index contributed by atoms with van der Waals surface area (Å²) in [6.07, 6.45) is 0.689. The average Bonchev–Trinajstić information content (AvgIpc) is 3.00. The van der Waals surface area contributed by atoms with Crippen LogP contribution in [0.2, 0.25) is 5.15 Å². The molecule has 25 heavy (non-hydrogen) atoms. The molecule has 0 unspecified atom stereocenters. The Morgan fingerprint density at radius 1 is 1.08 bits per heavy atom. The fraction of sp³-hybridized carbons (Fsp3) is 0.143. The summed E-state index contributed by atoms with van der Waals surface area (Å²) in [7, 11) is 0. The van der Waals surface area contributed by atoms with Gasteiger partial charge in [-0.2, -0.15) is 5.26 Å². The zero-order valence-corrected chi connectivity index (χ0v) is 14.8. The second kappa shape index (κ2) is 5.91. The summed E-state index contributed by atoms with van der Waals surface area (Å²) in [6, 6.07) is 18.4. The highest BCUT2D eigenvalue weighted by molar-refractivity contribution is 6.31. The molecule has 0 N–H and O–H groups in total. The van der Waals surface area contributed by atoms with Crippen LogP contribution in [-0.2, 0) is 6.42 Å². The van der Waals surface area contributed by atoms with E-state index in [1.165, 1.54) is 11.1 Å². The van der Waals surface area contributed by atoms with Crippen molar-refractivity contribution in [3.63, 3.8) is 0 Å². The summed E-state index contributed by atoms with van der Waals surface area (Å²) in [5.74, 6) is 0. The lowest BCUT2D eigenvalue weighted by Gasteiger charge is -2.14. The molecule has 4 rings (SSSR count). The van der Waals surface area contributed by atoms with Crippen molar-refractivity contribution in [1.29, 1.82) is 5.26 Å². The zero-order chi connectivity index (χ0) is 17.6. The number of pyridine rings is 1. The van der Waals surface area contributed by atoms with E-state index in [2.05, 4.69) is 30.1 Å². The van der Waals surface area contributed by atoms with Gasteiger partial charge in [-0.1, -0.05) is 48.0 Å². The molecule has 0 saturated carbocycles. The van der Waals surface area contributed by atoms with Crippen molar-refractivity contribution in [2.24, 2.45) is 0 Å². The van der Waals surface area contributed by atoms with Crippen LogP contribution >= 0.6 is 11.6 Å². The Morgan fingerprint density at radius 2 is 1.80 bits per heavy atom. The molecule has 122 valence electrons. The van der Waals surface area contributed by atoms with Crippen LogP contribution < -0.4 is 0 Å². The molecule has 0 spiro atoms. The molecule has 2 heterocycles. The van der Waals surface area contributed by atoms with Crippen molar-refractivity contribution in [1.82, 2.24) is 9.38 Å². The number of halogens is 1. The molecule has 0 fully saturated rings. The van der Waals surface area contributed by atoms with Gasteiger partial charge in [-0.05, 0) is 48.2 Å². The fourth-order valence-electron chi connectivity index (χ4n) is 3.34. The lowest BCUT2D eigenvalue weighted by Crippen LogP contribution is -2.04. The number of aromatic nitrogens is 2. The van der Waals surface area contributed by atoms with Crippen molar-refractivity contribution < 1.29 is 0 Å². The number of hydrogen-bond acceptors (Lipinski definition) is 2. The van der Waals surface area contributed by atoms with Crippen LogP contribution in [-0.4, -0.2) is 9.38 Å². The Labute approximate surface area is 151 Å². The topological polar surface area (TPSA) is 41.1 Å². The maximum atomic E-state index is 9.73. The van der Waals surface area contributed by atoms with Crippen molar-refractivity contribution in [3.8, 4) is 6.07 Å². The van der Waals surface area contributed by atoms with Crippen LogP contribution in [0.25, 0.3) is 16.7 Å². The molecule has 2 aromatic heterocycles. The largest absolute Gasteiger partial charge is 0.281 e. The number of para-hydroxylation sites is 2. The van der Waals surface area contributed by atoms with Gasteiger partial charge in [0.05, 0.1) is 16.6 Å². The van der Waals surface area contributed by atoms with Crippen LogP contribution in [0.3, 0.4) is 0 Å². The Kier molecular flexibility index (Phi) is 3.71. The van der Waals surface area contributed by atoms with Crippen LogP contribution in [0.5, 0.6) is 0 Å². The first-order valence-electron chi connectivity index (χ1n) is 8.14. The molecule has 4 aromatic rings. The predicted octanol–water partition coefficient (Wildman–Crippen LogP) is 5.22. The molecule has 0 atom stereocenters. The highest BCUT2D eigenvalue weighted by atomic mass is 35.5. The first-order chi connectivity index (χ1) is 12.1. The normalized spacial score (nSPS) is 11.1. The summed E-state index contributed by atoms with van der Waals surface area (Å²) in [5, 5.41) is 10.4. The monoisotopic (exact) mass is 345 g/mol. The van der Waals surface area contributed by atoms with Crippen LogP contribution in [0, 0.1) is 25.2 Å². The van der Waals surface area contributed by atoms with Gasteiger partial charge < -0.3 is 0 Å². The predicted molar refractivity (Wildman–Crippen MR) is 101 cm³/mol. The van der Waals surface area contributed by atoms with E-state index < -0.39 is 0 Å². The van der Waals surface area contributed by atoms with E-state index in [0.29, 0.717) is 22.8 Å². The van der Waals surface area contributed by atoms with Crippen molar-refractivity contribution >= 4 is 28.3 Å². The van der Waals surface area contributed by atoms with E-state index in [1.54, 1.807) is 0 Å². The number of imidazole rings is 1. The van der Waals surface area contributed by atoms with Gasteiger partial charge in [0.1, 0.15) is 11.2 Å². The van der Waals surface area contributed by atoms with Gasteiger partial charge in [0.2, 0.25) is 0 Å². The van der Waals surface area contributed by atoms with Crippen molar-refractivity contribution in [2.45, 2.75) is 20.3 Å². The number of benzene rings is 2.